The van der Waals surface area contributed by atoms with Gasteiger partial charge in [-0.2, -0.15) is 0 Å². The van der Waals surface area contributed by atoms with Gasteiger partial charge in [0.25, 0.3) is 0 Å². The summed E-state index contributed by atoms with van der Waals surface area (Å²) < 4.78 is 0. The van der Waals surface area contributed by atoms with Gasteiger partial charge < -0.3 is 5.32 Å². The molecule has 0 bridgehead atoms. The quantitative estimate of drug-likeness (QED) is 0.617. The predicted molar refractivity (Wildman–Crippen MR) is 104 cm³/mol. The summed E-state index contributed by atoms with van der Waals surface area (Å²) in [7, 11) is 0. The molecule has 0 spiro atoms. The molecule has 0 radical (unpaired) electrons. The van der Waals surface area contributed by atoms with Gasteiger partial charge in [-0.3, -0.25) is 10.1 Å². The molecule has 26 heavy (non-hydrogen) atoms. The van der Waals surface area contributed by atoms with Crippen molar-refractivity contribution in [3.63, 3.8) is 0 Å². The highest BCUT2D eigenvalue weighted by Crippen LogP contribution is 2.40. The van der Waals surface area contributed by atoms with Crippen LogP contribution in [0.5, 0.6) is 0 Å². The van der Waals surface area contributed by atoms with Crippen molar-refractivity contribution >= 4 is 45.3 Å². The Hall–Kier alpha value is -1.67. The molecular weight excluding hydrogens is 368 g/mol. The third-order valence-corrected chi connectivity index (χ3v) is 7.35. The number of carbonyl (C=O) groups excluding carboxylic acids is 2. The minimum atomic E-state index is -0.403. The Kier molecular flexibility index (Phi) is 5.13. The molecule has 1 atom stereocenters. The standard InChI is InChI=1S/C18H22N4O2S2/c1-10(15(23)22-18(24)21-11-5-2-3-6-11)25-16-14-12-7-4-8-13(12)26-17(14)20-9-19-16/h9-11H,2-8H2,1H3,(H2,21,22,23,24)/t10-/m0/s1. The maximum Gasteiger partial charge on any atom is 0.321 e. The fourth-order valence-electron chi connectivity index (χ4n) is 3.72. The summed E-state index contributed by atoms with van der Waals surface area (Å²) in [5.74, 6) is -0.288. The van der Waals surface area contributed by atoms with Crippen LogP contribution in [0.4, 0.5) is 4.79 Å². The Morgan fingerprint density at radius 3 is 2.85 bits per heavy atom. The Morgan fingerprint density at radius 2 is 2.04 bits per heavy atom. The molecule has 8 heteroatoms. The summed E-state index contributed by atoms with van der Waals surface area (Å²) in [5, 5.41) is 6.89. The van der Waals surface area contributed by atoms with Crippen molar-refractivity contribution in [3.8, 4) is 0 Å². The number of thioether (sulfide) groups is 1. The summed E-state index contributed by atoms with van der Waals surface area (Å²) in [6, 6.07) is -0.195. The van der Waals surface area contributed by atoms with Crippen molar-refractivity contribution in [2.45, 2.75) is 68.2 Å². The fraction of sp³-hybridized carbons (Fsp3) is 0.556. The molecule has 138 valence electrons. The summed E-state index contributed by atoms with van der Waals surface area (Å²) in [4.78, 5) is 35.6. The van der Waals surface area contributed by atoms with Crippen molar-refractivity contribution in [3.05, 3.63) is 16.8 Å². The topological polar surface area (TPSA) is 84.0 Å². The van der Waals surface area contributed by atoms with Gasteiger partial charge in [0.2, 0.25) is 5.91 Å². The van der Waals surface area contributed by atoms with E-state index in [0.717, 1.165) is 53.8 Å². The van der Waals surface area contributed by atoms with E-state index in [1.165, 1.54) is 28.6 Å². The molecule has 0 aliphatic heterocycles. The van der Waals surface area contributed by atoms with E-state index in [9.17, 15) is 9.59 Å². The molecule has 2 aliphatic carbocycles. The van der Waals surface area contributed by atoms with E-state index in [4.69, 9.17) is 0 Å². The average Bonchev–Trinajstić information content (AvgIpc) is 3.31. The van der Waals surface area contributed by atoms with E-state index in [0.29, 0.717) is 0 Å². The Morgan fingerprint density at radius 1 is 1.23 bits per heavy atom. The maximum atomic E-state index is 12.4. The van der Waals surface area contributed by atoms with Crippen molar-refractivity contribution in [1.82, 2.24) is 20.6 Å². The van der Waals surface area contributed by atoms with Crippen molar-refractivity contribution in [1.29, 1.82) is 0 Å². The number of nitrogens with zero attached hydrogens (tertiary/aromatic N) is 2. The Bertz CT molecular complexity index is 845. The zero-order valence-corrected chi connectivity index (χ0v) is 16.3. The molecule has 4 rings (SSSR count). The first kappa shape index (κ1) is 17.7. The van der Waals surface area contributed by atoms with Crippen molar-refractivity contribution < 1.29 is 9.59 Å². The van der Waals surface area contributed by atoms with Crippen LogP contribution in [-0.4, -0.2) is 33.2 Å². The number of thiophene rings is 1. The molecule has 2 heterocycles. The molecular formula is C18H22N4O2S2. The summed E-state index contributed by atoms with van der Waals surface area (Å²) in [6.45, 7) is 1.81. The highest BCUT2D eigenvalue weighted by atomic mass is 32.2. The highest BCUT2D eigenvalue weighted by molar-refractivity contribution is 8.00. The van der Waals surface area contributed by atoms with Gasteiger partial charge in [0.05, 0.1) is 5.25 Å². The molecule has 0 aromatic carbocycles. The zero-order chi connectivity index (χ0) is 18.1. The number of carbonyl (C=O) groups is 2. The SMILES string of the molecule is C[C@H](Sc1ncnc2sc3c(c12)CCC3)C(=O)NC(=O)NC1CCCC1. The van der Waals surface area contributed by atoms with Gasteiger partial charge in [-0.25, -0.2) is 14.8 Å². The first-order valence-electron chi connectivity index (χ1n) is 9.15. The Labute approximate surface area is 160 Å². The molecule has 3 amide bonds. The second kappa shape index (κ2) is 7.52. The number of nitrogens with one attached hydrogen (secondary N) is 2. The lowest BCUT2D eigenvalue weighted by Gasteiger charge is -2.15. The van der Waals surface area contributed by atoms with Crippen LogP contribution in [0.25, 0.3) is 10.2 Å². The van der Waals surface area contributed by atoms with E-state index >= 15 is 0 Å². The van der Waals surface area contributed by atoms with E-state index in [-0.39, 0.29) is 11.9 Å². The molecule has 0 saturated heterocycles. The van der Waals surface area contributed by atoms with Crippen LogP contribution in [0.15, 0.2) is 11.4 Å². The number of rotatable bonds is 4. The number of aryl methyl sites for hydroxylation is 2. The van der Waals surface area contributed by atoms with Crippen molar-refractivity contribution in [2.24, 2.45) is 0 Å². The highest BCUT2D eigenvalue weighted by Gasteiger charge is 2.25. The summed E-state index contributed by atoms with van der Waals surface area (Å²) in [6.07, 6.45) is 9.17. The van der Waals surface area contributed by atoms with Gasteiger partial charge in [0, 0.05) is 16.3 Å². The molecule has 2 aliphatic rings. The van der Waals surface area contributed by atoms with Gasteiger partial charge in [-0.1, -0.05) is 24.6 Å². The second-order valence-electron chi connectivity index (χ2n) is 6.92. The molecule has 2 aromatic rings. The average molecular weight is 391 g/mol. The van der Waals surface area contributed by atoms with Gasteiger partial charge in [-0.15, -0.1) is 11.3 Å². The number of hydrogen-bond donors (Lipinski definition) is 2. The zero-order valence-electron chi connectivity index (χ0n) is 14.7. The predicted octanol–water partition coefficient (Wildman–Crippen LogP) is 3.43. The molecule has 2 N–H and O–H groups in total. The minimum absolute atomic E-state index is 0.195. The second-order valence-corrected chi connectivity index (χ2v) is 9.33. The molecule has 1 saturated carbocycles. The minimum Gasteiger partial charge on any atom is -0.335 e. The van der Waals surface area contributed by atoms with Gasteiger partial charge in [0.15, 0.2) is 0 Å². The first-order chi connectivity index (χ1) is 12.6. The smallest absolute Gasteiger partial charge is 0.321 e. The lowest BCUT2D eigenvalue weighted by Crippen LogP contribution is -2.45. The van der Waals surface area contributed by atoms with Crippen LogP contribution in [0.2, 0.25) is 0 Å². The van der Waals surface area contributed by atoms with Crippen LogP contribution < -0.4 is 10.6 Å². The van der Waals surface area contributed by atoms with Crippen LogP contribution >= 0.6 is 23.1 Å². The van der Waals surface area contributed by atoms with Gasteiger partial charge in [0.1, 0.15) is 16.2 Å². The molecule has 0 unspecified atom stereocenters. The first-order valence-corrected chi connectivity index (χ1v) is 10.8. The van der Waals surface area contributed by atoms with E-state index in [2.05, 4.69) is 20.6 Å². The van der Waals surface area contributed by atoms with Crippen LogP contribution in [0, 0.1) is 0 Å². The Balaban J connectivity index is 1.42. The number of imide groups is 1. The lowest BCUT2D eigenvalue weighted by atomic mass is 10.2. The number of urea groups is 1. The third kappa shape index (κ3) is 3.57. The van der Waals surface area contributed by atoms with Crippen LogP contribution in [0.3, 0.4) is 0 Å². The van der Waals surface area contributed by atoms with Gasteiger partial charge >= 0.3 is 6.03 Å². The fourth-order valence-corrected chi connectivity index (χ4v) is 5.96. The third-order valence-electron chi connectivity index (χ3n) is 5.05. The largest absolute Gasteiger partial charge is 0.335 e. The molecule has 1 fully saturated rings. The summed E-state index contributed by atoms with van der Waals surface area (Å²) >= 11 is 3.14. The van der Waals surface area contributed by atoms with E-state index in [1.54, 1.807) is 17.7 Å². The maximum absolute atomic E-state index is 12.4. The van der Waals surface area contributed by atoms with E-state index < -0.39 is 11.3 Å². The normalized spacial score (nSPS) is 18.0. The number of fused-ring (bicyclic) bond motifs is 3. The van der Waals surface area contributed by atoms with Crippen molar-refractivity contribution in [2.75, 3.05) is 0 Å². The van der Waals surface area contributed by atoms with E-state index in [1.807, 2.05) is 6.92 Å². The van der Waals surface area contributed by atoms with Crippen LogP contribution in [0.1, 0.15) is 49.5 Å². The monoisotopic (exact) mass is 390 g/mol. The number of hydrogen-bond acceptors (Lipinski definition) is 6. The molecule has 2 aromatic heterocycles. The number of aromatic nitrogens is 2. The number of amides is 3. The van der Waals surface area contributed by atoms with Gasteiger partial charge in [-0.05, 0) is 44.6 Å². The summed E-state index contributed by atoms with van der Waals surface area (Å²) in [5.41, 5.74) is 1.35. The lowest BCUT2D eigenvalue weighted by molar-refractivity contribution is -0.119. The molecule has 6 nitrogen and oxygen atoms in total. The van der Waals surface area contributed by atoms with Crippen LogP contribution in [-0.2, 0) is 17.6 Å².